The van der Waals surface area contributed by atoms with Crippen LogP contribution in [-0.2, 0) is 9.47 Å². The van der Waals surface area contributed by atoms with E-state index in [1.165, 1.54) is 5.56 Å². The molecule has 1 aliphatic rings. The van der Waals surface area contributed by atoms with Gasteiger partial charge in [-0.15, -0.1) is 0 Å². The van der Waals surface area contributed by atoms with Gasteiger partial charge < -0.3 is 19.7 Å². The summed E-state index contributed by atoms with van der Waals surface area (Å²) in [6.07, 6.45) is 1.23. The number of hydrogen-bond acceptors (Lipinski definition) is 5. The lowest BCUT2D eigenvalue weighted by Crippen LogP contribution is -2.36. The highest BCUT2D eigenvalue weighted by Crippen LogP contribution is 2.28. The normalized spacial score (nSPS) is 17.6. The second-order valence-electron chi connectivity index (χ2n) is 8.46. The van der Waals surface area contributed by atoms with Crippen LogP contribution in [0.15, 0.2) is 54.6 Å². The molecule has 0 bridgehead atoms. The molecule has 0 aromatic heterocycles. The number of likely N-dealkylation sites (N-methyl/N-ethyl adjacent to an activating group) is 1. The van der Waals surface area contributed by atoms with E-state index in [2.05, 4.69) is 52.5 Å². The van der Waals surface area contributed by atoms with Gasteiger partial charge >= 0.3 is 0 Å². The topological polar surface area (TPSA) is 54.0 Å². The lowest BCUT2D eigenvalue weighted by molar-refractivity contribution is -0.0671. The van der Waals surface area contributed by atoms with Gasteiger partial charge in [0, 0.05) is 51.1 Å². The Hall–Kier alpha value is -2.41. The van der Waals surface area contributed by atoms with Crippen molar-refractivity contribution in [2.45, 2.75) is 38.5 Å². The predicted octanol–water partition coefficient (Wildman–Crippen LogP) is 3.70. The van der Waals surface area contributed by atoms with Crippen molar-refractivity contribution >= 4 is 11.6 Å². The van der Waals surface area contributed by atoms with Crippen molar-refractivity contribution < 1.29 is 14.3 Å². The molecule has 0 radical (unpaired) electrons. The molecule has 0 spiro atoms. The van der Waals surface area contributed by atoms with E-state index in [0.29, 0.717) is 12.4 Å². The smallest absolute Gasteiger partial charge is 0.251 e. The van der Waals surface area contributed by atoms with Crippen LogP contribution in [0.3, 0.4) is 0 Å². The molecule has 0 unspecified atom stereocenters. The van der Waals surface area contributed by atoms with E-state index in [0.717, 1.165) is 31.7 Å². The van der Waals surface area contributed by atoms with Gasteiger partial charge in [-0.1, -0.05) is 36.4 Å². The van der Waals surface area contributed by atoms with Gasteiger partial charge in [0.15, 0.2) is 0 Å². The van der Waals surface area contributed by atoms with Crippen molar-refractivity contribution in [2.75, 3.05) is 45.5 Å². The second kappa shape index (κ2) is 11.3. The second-order valence-corrected chi connectivity index (χ2v) is 8.46. The fourth-order valence-electron chi connectivity index (χ4n) is 4.03. The molecule has 3 rings (SSSR count). The number of hydrogen-bond donors (Lipinski definition) is 1. The molecule has 1 N–H and O–H groups in total. The highest BCUT2D eigenvalue weighted by Gasteiger charge is 2.28. The van der Waals surface area contributed by atoms with E-state index in [1.54, 1.807) is 7.11 Å². The van der Waals surface area contributed by atoms with Gasteiger partial charge in [-0.2, -0.15) is 0 Å². The summed E-state index contributed by atoms with van der Waals surface area (Å²) in [5, 5.41) is 2.98. The molecule has 6 nitrogen and oxygen atoms in total. The van der Waals surface area contributed by atoms with Crippen LogP contribution in [-0.4, -0.2) is 63.5 Å². The van der Waals surface area contributed by atoms with Gasteiger partial charge in [0.1, 0.15) is 6.79 Å². The number of carbonyl (C=O) groups is 1. The zero-order valence-electron chi connectivity index (χ0n) is 19.1. The standard InChI is InChI=1S/C25H35N3O3/c1-19(2)26-25(29)21-11-8-12-22(15-21)27(3)24(20-9-6-5-7-10-20)17-28-14-13-23(16-28)31-18-30-4/h5-12,15,19,23-24H,13-14,16-18H2,1-4H3,(H,26,29)/t23-,24+/m0/s1. The van der Waals surface area contributed by atoms with E-state index in [4.69, 9.17) is 9.47 Å². The summed E-state index contributed by atoms with van der Waals surface area (Å²) in [7, 11) is 3.76. The maximum Gasteiger partial charge on any atom is 0.251 e. The summed E-state index contributed by atoms with van der Waals surface area (Å²) in [6, 6.07) is 18.7. The first-order chi connectivity index (χ1) is 15.0. The quantitative estimate of drug-likeness (QED) is 0.589. The molecule has 2 atom stereocenters. The largest absolute Gasteiger partial charge is 0.366 e. The van der Waals surface area contributed by atoms with Crippen LogP contribution < -0.4 is 10.2 Å². The summed E-state index contributed by atoms with van der Waals surface area (Å²) in [5.74, 6) is -0.0424. The average molecular weight is 426 g/mol. The molecule has 6 heteroatoms. The predicted molar refractivity (Wildman–Crippen MR) is 124 cm³/mol. The Morgan fingerprint density at radius 1 is 1.19 bits per heavy atom. The Labute approximate surface area is 186 Å². The Morgan fingerprint density at radius 2 is 1.97 bits per heavy atom. The maximum atomic E-state index is 12.5. The van der Waals surface area contributed by atoms with E-state index < -0.39 is 0 Å². The van der Waals surface area contributed by atoms with Crippen LogP contribution in [0.4, 0.5) is 5.69 Å². The summed E-state index contributed by atoms with van der Waals surface area (Å²) in [5.41, 5.74) is 2.96. The Kier molecular flexibility index (Phi) is 8.46. The minimum Gasteiger partial charge on any atom is -0.366 e. The van der Waals surface area contributed by atoms with Crippen molar-refractivity contribution in [1.29, 1.82) is 0 Å². The van der Waals surface area contributed by atoms with Crippen LogP contribution >= 0.6 is 0 Å². The Morgan fingerprint density at radius 3 is 2.68 bits per heavy atom. The van der Waals surface area contributed by atoms with Crippen LogP contribution in [0.5, 0.6) is 0 Å². The molecule has 1 heterocycles. The number of rotatable bonds is 10. The molecular weight excluding hydrogens is 390 g/mol. The summed E-state index contributed by atoms with van der Waals surface area (Å²) < 4.78 is 10.8. The summed E-state index contributed by atoms with van der Waals surface area (Å²) >= 11 is 0. The molecule has 1 saturated heterocycles. The number of methoxy groups -OCH3 is 1. The SMILES string of the molecule is COCO[C@H]1CCN(C[C@H](c2ccccc2)N(C)c2cccc(C(=O)NC(C)C)c2)C1. The number of anilines is 1. The van der Waals surface area contributed by atoms with Gasteiger partial charge in [-0.05, 0) is 44.0 Å². The van der Waals surface area contributed by atoms with E-state index in [9.17, 15) is 4.79 Å². The molecule has 1 fully saturated rings. The van der Waals surface area contributed by atoms with Crippen LogP contribution in [0.2, 0.25) is 0 Å². The highest BCUT2D eigenvalue weighted by molar-refractivity contribution is 5.95. The zero-order valence-corrected chi connectivity index (χ0v) is 19.1. The van der Waals surface area contributed by atoms with E-state index in [-0.39, 0.29) is 24.1 Å². The zero-order chi connectivity index (χ0) is 22.2. The third kappa shape index (κ3) is 6.53. The lowest BCUT2D eigenvalue weighted by atomic mass is 10.0. The monoisotopic (exact) mass is 425 g/mol. The molecule has 0 saturated carbocycles. The van der Waals surface area contributed by atoms with Gasteiger partial charge in [-0.3, -0.25) is 9.69 Å². The Bertz CT molecular complexity index is 828. The fourth-order valence-corrected chi connectivity index (χ4v) is 4.03. The van der Waals surface area contributed by atoms with Gasteiger partial charge in [0.25, 0.3) is 5.91 Å². The Balaban J connectivity index is 1.78. The number of nitrogens with zero attached hydrogens (tertiary/aromatic N) is 2. The maximum absolute atomic E-state index is 12.5. The highest BCUT2D eigenvalue weighted by atomic mass is 16.7. The van der Waals surface area contributed by atoms with Crippen molar-refractivity contribution in [1.82, 2.24) is 10.2 Å². The van der Waals surface area contributed by atoms with Crippen LogP contribution in [0, 0.1) is 0 Å². The molecular formula is C25H35N3O3. The lowest BCUT2D eigenvalue weighted by Gasteiger charge is -2.34. The minimum absolute atomic E-state index is 0.0424. The summed E-state index contributed by atoms with van der Waals surface area (Å²) in [6.45, 7) is 7.07. The van der Waals surface area contributed by atoms with Gasteiger partial charge in [0.05, 0.1) is 12.1 Å². The van der Waals surface area contributed by atoms with Gasteiger partial charge in [-0.25, -0.2) is 0 Å². The number of nitrogens with one attached hydrogen (secondary N) is 1. The van der Waals surface area contributed by atoms with Gasteiger partial charge in [0.2, 0.25) is 0 Å². The number of benzene rings is 2. The first-order valence-electron chi connectivity index (χ1n) is 11.0. The summed E-state index contributed by atoms with van der Waals surface area (Å²) in [4.78, 5) is 17.2. The third-order valence-electron chi connectivity index (χ3n) is 5.67. The molecule has 1 amide bonds. The van der Waals surface area contributed by atoms with Crippen molar-refractivity contribution in [3.8, 4) is 0 Å². The number of carbonyl (C=O) groups excluding carboxylic acids is 1. The average Bonchev–Trinajstić information content (AvgIpc) is 3.23. The van der Waals surface area contributed by atoms with E-state index >= 15 is 0 Å². The van der Waals surface area contributed by atoms with Crippen molar-refractivity contribution in [3.63, 3.8) is 0 Å². The molecule has 1 aliphatic heterocycles. The number of ether oxygens (including phenoxy) is 2. The molecule has 31 heavy (non-hydrogen) atoms. The fraction of sp³-hybridized carbons (Fsp3) is 0.480. The van der Waals surface area contributed by atoms with Crippen molar-refractivity contribution in [2.24, 2.45) is 0 Å². The minimum atomic E-state index is -0.0424. The van der Waals surface area contributed by atoms with Crippen molar-refractivity contribution in [3.05, 3.63) is 65.7 Å². The van der Waals surface area contributed by atoms with E-state index in [1.807, 2.05) is 38.1 Å². The van der Waals surface area contributed by atoms with Crippen LogP contribution in [0.25, 0.3) is 0 Å². The first-order valence-corrected chi connectivity index (χ1v) is 11.0. The molecule has 0 aliphatic carbocycles. The molecule has 168 valence electrons. The van der Waals surface area contributed by atoms with Crippen LogP contribution in [0.1, 0.15) is 42.2 Å². The first kappa shape index (κ1) is 23.3. The number of likely N-dealkylation sites (tertiary alicyclic amines) is 1. The molecule has 2 aromatic carbocycles. The molecule has 2 aromatic rings. The third-order valence-corrected chi connectivity index (χ3v) is 5.67. The number of amides is 1.